The summed E-state index contributed by atoms with van der Waals surface area (Å²) < 4.78 is 0. The minimum Gasteiger partial charge on any atom is -0.481 e. The van der Waals surface area contributed by atoms with Crippen molar-refractivity contribution >= 4 is 14.4 Å². The maximum Gasteiger partial charge on any atom is 0.300 e. The van der Waals surface area contributed by atoms with Gasteiger partial charge in [0.05, 0.1) is 8.41 Å². The van der Waals surface area contributed by atoms with Crippen LogP contribution in [0.2, 0.25) is 0 Å². The van der Waals surface area contributed by atoms with Gasteiger partial charge in [0.2, 0.25) is 0 Å². The first kappa shape index (κ1) is 13.3. The van der Waals surface area contributed by atoms with Crippen molar-refractivity contribution in [2.75, 3.05) is 0 Å². The van der Waals surface area contributed by atoms with Crippen LogP contribution < -0.4 is 0 Å². The predicted molar refractivity (Wildman–Crippen MR) is 52.2 cm³/mol. The molecule has 1 aromatic rings. The summed E-state index contributed by atoms with van der Waals surface area (Å²) in [6.45, 7) is 3.06. The van der Waals surface area contributed by atoms with Gasteiger partial charge in [-0.1, -0.05) is 6.07 Å². The maximum atomic E-state index is 9.00. The van der Waals surface area contributed by atoms with Crippen LogP contribution in [0.25, 0.3) is 0 Å². The zero-order valence-corrected chi connectivity index (χ0v) is 6.61. The van der Waals surface area contributed by atoms with Crippen molar-refractivity contribution in [3.63, 3.8) is 0 Å². The van der Waals surface area contributed by atoms with Gasteiger partial charge in [-0.2, -0.15) is 0 Å². The Labute approximate surface area is 74.0 Å². The molecule has 0 atom stereocenters. The van der Waals surface area contributed by atoms with Gasteiger partial charge in [-0.05, 0) is 19.1 Å². The van der Waals surface area contributed by atoms with Gasteiger partial charge < -0.3 is 5.11 Å². The van der Waals surface area contributed by atoms with Gasteiger partial charge in [-0.3, -0.25) is 9.78 Å². The number of pyridine rings is 1. The van der Waals surface area contributed by atoms with Crippen LogP contribution in [0.1, 0.15) is 12.6 Å². The molecule has 0 aliphatic carbocycles. The highest BCUT2D eigenvalue weighted by atomic mass is 16.4. The van der Waals surface area contributed by atoms with Crippen LogP contribution in [-0.4, -0.2) is 24.5 Å². The van der Waals surface area contributed by atoms with Gasteiger partial charge in [-0.25, -0.2) is 0 Å². The molecule has 0 radical (unpaired) electrons. The summed E-state index contributed by atoms with van der Waals surface area (Å²) in [5, 5.41) is 7.42. The minimum atomic E-state index is -0.833. The first-order chi connectivity index (χ1) is 5.13. The van der Waals surface area contributed by atoms with Gasteiger partial charge in [-0.15, -0.1) is 0 Å². The van der Waals surface area contributed by atoms with E-state index in [0.29, 0.717) is 0 Å². The first-order valence-corrected chi connectivity index (χ1v) is 3.20. The molecule has 1 rings (SSSR count). The highest BCUT2D eigenvalue weighted by Gasteiger charge is 1.73. The molecular weight excluding hydrogens is 153 g/mol. The summed E-state index contributed by atoms with van der Waals surface area (Å²) in [5.74, 6) is -0.833. The highest BCUT2D eigenvalue weighted by molar-refractivity contribution is 5.75. The molecule has 0 aliphatic heterocycles. The van der Waals surface area contributed by atoms with Crippen molar-refractivity contribution in [2.45, 2.75) is 13.8 Å². The summed E-state index contributed by atoms with van der Waals surface area (Å²) >= 11 is 0. The Morgan fingerprint density at radius 3 is 2.17 bits per heavy atom. The van der Waals surface area contributed by atoms with Crippen LogP contribution in [0.15, 0.2) is 24.4 Å². The van der Waals surface area contributed by atoms with E-state index in [0.717, 1.165) is 12.6 Å². The molecule has 1 heterocycles. The fraction of sp³-hybridized carbons (Fsp3) is 0.250. The number of nitrogens with zero attached hydrogens (tertiary/aromatic N) is 1. The van der Waals surface area contributed by atoms with E-state index >= 15 is 0 Å². The second kappa shape index (κ2) is 7.79. The molecule has 0 amide bonds. The van der Waals surface area contributed by atoms with Crippen LogP contribution >= 0.6 is 0 Å². The maximum absolute atomic E-state index is 9.00. The lowest BCUT2D eigenvalue weighted by Gasteiger charge is -1.82. The smallest absolute Gasteiger partial charge is 0.300 e. The van der Waals surface area contributed by atoms with E-state index in [2.05, 4.69) is 4.98 Å². The fourth-order valence-corrected chi connectivity index (χ4v) is 0.448. The van der Waals surface area contributed by atoms with Crippen molar-refractivity contribution in [1.29, 1.82) is 0 Å². The summed E-state index contributed by atoms with van der Waals surface area (Å²) in [5.41, 5.74) is 1.07. The lowest BCUT2D eigenvalue weighted by molar-refractivity contribution is -0.134. The quantitative estimate of drug-likeness (QED) is 0.565. The van der Waals surface area contributed by atoms with Gasteiger partial charge in [0.1, 0.15) is 0 Å². The number of carboxylic acid groups (broad SMARTS) is 1. The third-order valence-corrected chi connectivity index (χ3v) is 0.813. The van der Waals surface area contributed by atoms with Gasteiger partial charge in [0.15, 0.2) is 0 Å². The van der Waals surface area contributed by atoms with E-state index in [-0.39, 0.29) is 8.41 Å². The van der Waals surface area contributed by atoms with Crippen LogP contribution in [-0.2, 0) is 4.79 Å². The van der Waals surface area contributed by atoms with Gasteiger partial charge >= 0.3 is 0 Å². The molecule has 1 N–H and O–H groups in total. The number of hydrogen-bond acceptors (Lipinski definition) is 2. The van der Waals surface area contributed by atoms with E-state index in [1.165, 1.54) is 0 Å². The Balaban J connectivity index is 0. The van der Waals surface area contributed by atoms with Crippen molar-refractivity contribution in [3.8, 4) is 0 Å². The van der Waals surface area contributed by atoms with E-state index in [4.69, 9.17) is 9.90 Å². The number of aryl methyl sites for hydroxylation is 1. The SMILES string of the molecule is B.CC(=O)O.Cc1ccccn1. The Hall–Kier alpha value is -1.32. The molecule has 1 aromatic heterocycles. The normalized spacial score (nSPS) is 7.17. The highest BCUT2D eigenvalue weighted by Crippen LogP contribution is 1.85. The predicted octanol–water partition coefficient (Wildman–Crippen LogP) is 0.297. The fourth-order valence-electron chi connectivity index (χ4n) is 0.448. The van der Waals surface area contributed by atoms with Crippen LogP contribution in [0.4, 0.5) is 0 Å². The molecule has 0 saturated carbocycles. The molecule has 3 nitrogen and oxygen atoms in total. The van der Waals surface area contributed by atoms with Crippen LogP contribution in [0.5, 0.6) is 0 Å². The Morgan fingerprint density at radius 1 is 1.50 bits per heavy atom. The monoisotopic (exact) mass is 167 g/mol. The molecule has 12 heavy (non-hydrogen) atoms. The van der Waals surface area contributed by atoms with Crippen molar-refractivity contribution in [3.05, 3.63) is 30.1 Å². The van der Waals surface area contributed by atoms with E-state index in [9.17, 15) is 0 Å². The number of rotatable bonds is 0. The number of carbonyl (C=O) groups is 1. The Kier molecular flexibility index (Phi) is 8.62. The summed E-state index contributed by atoms with van der Waals surface area (Å²) in [7, 11) is 0. The molecular formula is C8H14BNO2. The van der Waals surface area contributed by atoms with Crippen LogP contribution in [0.3, 0.4) is 0 Å². The first-order valence-electron chi connectivity index (χ1n) is 3.20. The molecule has 0 saturated heterocycles. The molecule has 4 heteroatoms. The molecule has 0 aliphatic rings. The number of aromatic nitrogens is 1. The van der Waals surface area contributed by atoms with E-state index < -0.39 is 5.97 Å². The number of hydrogen-bond donors (Lipinski definition) is 1. The molecule has 0 spiro atoms. The average molecular weight is 167 g/mol. The standard InChI is InChI=1S/C6H7N.C2H4O2.BH3/c1-6-4-2-3-5-7-6;1-2(3)4;/h2-5H,1H3;1H3,(H,3,4);1H3. The topological polar surface area (TPSA) is 50.2 Å². The van der Waals surface area contributed by atoms with Gasteiger partial charge in [0, 0.05) is 18.8 Å². The van der Waals surface area contributed by atoms with E-state index in [1.54, 1.807) is 6.20 Å². The van der Waals surface area contributed by atoms with Crippen molar-refractivity contribution in [2.24, 2.45) is 0 Å². The Bertz CT molecular complexity index is 210. The molecule has 66 valence electrons. The molecule has 0 unspecified atom stereocenters. The summed E-state index contributed by atoms with van der Waals surface area (Å²) in [4.78, 5) is 13.0. The number of carboxylic acids is 1. The third-order valence-electron chi connectivity index (χ3n) is 0.813. The summed E-state index contributed by atoms with van der Waals surface area (Å²) in [6.07, 6.45) is 1.79. The van der Waals surface area contributed by atoms with Gasteiger partial charge in [0.25, 0.3) is 5.97 Å². The zero-order chi connectivity index (χ0) is 8.69. The third kappa shape index (κ3) is 11.5. The lowest BCUT2D eigenvalue weighted by Crippen LogP contribution is -1.78. The Morgan fingerprint density at radius 2 is 2.00 bits per heavy atom. The summed E-state index contributed by atoms with van der Waals surface area (Å²) in [6, 6.07) is 5.86. The average Bonchev–Trinajstić information content (AvgIpc) is 1.87. The zero-order valence-electron chi connectivity index (χ0n) is 6.61. The second-order valence-corrected chi connectivity index (χ2v) is 1.99. The van der Waals surface area contributed by atoms with Crippen molar-refractivity contribution in [1.82, 2.24) is 4.98 Å². The molecule has 0 aromatic carbocycles. The number of aliphatic carboxylic acids is 1. The van der Waals surface area contributed by atoms with Crippen molar-refractivity contribution < 1.29 is 9.90 Å². The lowest BCUT2D eigenvalue weighted by atomic mass is 10.4. The minimum absolute atomic E-state index is 0. The van der Waals surface area contributed by atoms with Crippen LogP contribution in [0, 0.1) is 6.92 Å². The van der Waals surface area contributed by atoms with E-state index in [1.807, 2.05) is 25.1 Å². The largest absolute Gasteiger partial charge is 0.481 e. The molecule has 0 bridgehead atoms. The second-order valence-electron chi connectivity index (χ2n) is 1.99. The molecule has 0 fully saturated rings.